The number of anilines is 3. The van der Waals surface area contributed by atoms with Crippen LogP contribution in [0.25, 0.3) is 0 Å². The fourth-order valence-electron chi connectivity index (χ4n) is 2.78. The SMILES string of the molecule is C=C(C)CCC1C(=O)Nc2ccc(Nc3ccc(Cl)cc3)cc21. The normalized spacial score (nSPS) is 15.9. The van der Waals surface area contributed by atoms with Crippen molar-refractivity contribution < 1.29 is 4.79 Å². The van der Waals surface area contributed by atoms with Crippen LogP contribution in [0.5, 0.6) is 0 Å². The molecule has 1 aliphatic heterocycles. The molecule has 3 rings (SSSR count). The second kappa shape index (κ2) is 6.47. The second-order valence-corrected chi connectivity index (χ2v) is 6.41. The monoisotopic (exact) mass is 326 g/mol. The van der Waals surface area contributed by atoms with Crippen LogP contribution in [-0.2, 0) is 4.79 Å². The van der Waals surface area contributed by atoms with Crippen molar-refractivity contribution in [3.05, 3.63) is 65.2 Å². The van der Waals surface area contributed by atoms with Gasteiger partial charge in [-0.25, -0.2) is 0 Å². The molecule has 0 fully saturated rings. The van der Waals surface area contributed by atoms with Crippen molar-refractivity contribution in [1.29, 1.82) is 0 Å². The van der Waals surface area contributed by atoms with E-state index in [9.17, 15) is 4.79 Å². The number of allylic oxidation sites excluding steroid dienone is 1. The largest absolute Gasteiger partial charge is 0.356 e. The van der Waals surface area contributed by atoms with Crippen LogP contribution in [0.3, 0.4) is 0 Å². The molecule has 1 aliphatic rings. The summed E-state index contributed by atoms with van der Waals surface area (Å²) in [5.74, 6) is -0.0291. The summed E-state index contributed by atoms with van der Waals surface area (Å²) in [7, 11) is 0. The third-order valence-electron chi connectivity index (χ3n) is 3.99. The van der Waals surface area contributed by atoms with Crippen molar-refractivity contribution in [3.8, 4) is 0 Å². The van der Waals surface area contributed by atoms with Crippen LogP contribution < -0.4 is 10.6 Å². The molecule has 1 amide bonds. The van der Waals surface area contributed by atoms with Gasteiger partial charge in [0.15, 0.2) is 0 Å². The van der Waals surface area contributed by atoms with Gasteiger partial charge in [-0.1, -0.05) is 17.2 Å². The van der Waals surface area contributed by atoms with Crippen molar-refractivity contribution in [3.63, 3.8) is 0 Å². The first-order chi connectivity index (χ1) is 11.0. The molecular formula is C19H19ClN2O. The van der Waals surface area contributed by atoms with Gasteiger partial charge in [0.1, 0.15) is 0 Å². The van der Waals surface area contributed by atoms with E-state index in [1.165, 1.54) is 0 Å². The quantitative estimate of drug-likeness (QED) is 0.715. The summed E-state index contributed by atoms with van der Waals surface area (Å²) in [6.45, 7) is 5.92. The Morgan fingerprint density at radius 1 is 1.22 bits per heavy atom. The predicted octanol–water partition coefficient (Wildman–Crippen LogP) is 5.48. The summed E-state index contributed by atoms with van der Waals surface area (Å²) in [4.78, 5) is 12.2. The van der Waals surface area contributed by atoms with Gasteiger partial charge in [0.25, 0.3) is 0 Å². The molecule has 0 bridgehead atoms. The molecule has 1 heterocycles. The zero-order valence-corrected chi connectivity index (χ0v) is 13.8. The van der Waals surface area contributed by atoms with E-state index in [2.05, 4.69) is 17.2 Å². The Bertz CT molecular complexity index is 752. The molecule has 2 N–H and O–H groups in total. The molecule has 0 aliphatic carbocycles. The molecule has 1 atom stereocenters. The average molecular weight is 327 g/mol. The smallest absolute Gasteiger partial charge is 0.232 e. The molecule has 1 unspecified atom stereocenters. The maximum atomic E-state index is 12.2. The molecule has 0 saturated carbocycles. The van der Waals surface area contributed by atoms with Crippen LogP contribution in [0, 0.1) is 0 Å². The summed E-state index contributed by atoms with van der Waals surface area (Å²) in [6, 6.07) is 13.5. The van der Waals surface area contributed by atoms with Gasteiger partial charge >= 0.3 is 0 Å². The fraction of sp³-hybridized carbons (Fsp3) is 0.211. The molecule has 118 valence electrons. The van der Waals surface area contributed by atoms with Crippen molar-refractivity contribution in [2.45, 2.75) is 25.7 Å². The number of rotatable bonds is 5. The van der Waals surface area contributed by atoms with Crippen LogP contribution in [0.15, 0.2) is 54.6 Å². The van der Waals surface area contributed by atoms with Gasteiger partial charge in [0, 0.05) is 22.1 Å². The number of fused-ring (bicyclic) bond motifs is 1. The highest BCUT2D eigenvalue weighted by Crippen LogP contribution is 2.38. The van der Waals surface area contributed by atoms with E-state index in [4.69, 9.17) is 11.6 Å². The van der Waals surface area contributed by atoms with E-state index in [-0.39, 0.29) is 11.8 Å². The number of carbonyl (C=O) groups excluding carboxylic acids is 1. The highest BCUT2D eigenvalue weighted by atomic mass is 35.5. The first-order valence-electron chi connectivity index (χ1n) is 7.65. The average Bonchev–Trinajstić information content (AvgIpc) is 2.82. The van der Waals surface area contributed by atoms with Crippen molar-refractivity contribution in [2.75, 3.05) is 10.6 Å². The minimum atomic E-state index is -0.103. The van der Waals surface area contributed by atoms with Gasteiger partial charge in [-0.05, 0) is 67.8 Å². The second-order valence-electron chi connectivity index (χ2n) is 5.97. The molecule has 0 radical (unpaired) electrons. The summed E-state index contributed by atoms with van der Waals surface area (Å²) < 4.78 is 0. The molecule has 2 aromatic carbocycles. The van der Waals surface area contributed by atoms with E-state index < -0.39 is 0 Å². The summed E-state index contributed by atoms with van der Waals surface area (Å²) in [5.41, 5.74) is 4.98. The van der Waals surface area contributed by atoms with Gasteiger partial charge in [0.05, 0.1) is 5.92 Å². The number of amides is 1. The maximum Gasteiger partial charge on any atom is 0.232 e. The van der Waals surface area contributed by atoms with Crippen LogP contribution in [0.2, 0.25) is 5.02 Å². The maximum absolute atomic E-state index is 12.2. The molecule has 0 aromatic heterocycles. The Labute approximate surface area is 141 Å². The van der Waals surface area contributed by atoms with E-state index >= 15 is 0 Å². The highest BCUT2D eigenvalue weighted by Gasteiger charge is 2.30. The Hall–Kier alpha value is -2.26. The first-order valence-corrected chi connectivity index (χ1v) is 8.02. The molecule has 0 spiro atoms. The molecule has 2 aromatic rings. The number of halogens is 1. The topological polar surface area (TPSA) is 41.1 Å². The van der Waals surface area contributed by atoms with Gasteiger partial charge in [0.2, 0.25) is 5.91 Å². The summed E-state index contributed by atoms with van der Waals surface area (Å²) >= 11 is 5.91. The van der Waals surface area contributed by atoms with E-state index in [1.54, 1.807) is 0 Å². The Morgan fingerprint density at radius 2 is 1.91 bits per heavy atom. The van der Waals surface area contributed by atoms with Crippen LogP contribution in [0.1, 0.15) is 31.2 Å². The van der Waals surface area contributed by atoms with Crippen LogP contribution in [-0.4, -0.2) is 5.91 Å². The summed E-state index contributed by atoms with van der Waals surface area (Å²) in [6.07, 6.45) is 1.64. The van der Waals surface area contributed by atoms with Gasteiger partial charge in [-0.15, -0.1) is 6.58 Å². The Balaban J connectivity index is 1.82. The molecule has 4 heteroatoms. The first kappa shape index (κ1) is 15.6. The van der Waals surface area contributed by atoms with Gasteiger partial charge in [-0.2, -0.15) is 0 Å². The van der Waals surface area contributed by atoms with E-state index in [0.717, 1.165) is 41.0 Å². The zero-order chi connectivity index (χ0) is 16.4. The number of hydrogen-bond donors (Lipinski definition) is 2. The zero-order valence-electron chi connectivity index (χ0n) is 13.0. The van der Waals surface area contributed by atoms with Crippen LogP contribution in [0.4, 0.5) is 17.1 Å². The molecule has 0 saturated heterocycles. The minimum Gasteiger partial charge on any atom is -0.356 e. The molecular weight excluding hydrogens is 308 g/mol. The van der Waals surface area contributed by atoms with Crippen molar-refractivity contribution in [2.24, 2.45) is 0 Å². The van der Waals surface area contributed by atoms with Crippen LogP contribution >= 0.6 is 11.6 Å². The van der Waals surface area contributed by atoms with Crippen molar-refractivity contribution in [1.82, 2.24) is 0 Å². The summed E-state index contributed by atoms with van der Waals surface area (Å²) in [5, 5.41) is 7.01. The number of carbonyl (C=O) groups is 1. The third-order valence-corrected chi connectivity index (χ3v) is 4.25. The Kier molecular flexibility index (Phi) is 4.39. The fourth-order valence-corrected chi connectivity index (χ4v) is 2.91. The van der Waals surface area contributed by atoms with E-state index in [1.807, 2.05) is 49.4 Å². The van der Waals surface area contributed by atoms with Gasteiger partial charge < -0.3 is 10.6 Å². The predicted molar refractivity (Wildman–Crippen MR) is 96.6 cm³/mol. The highest BCUT2D eigenvalue weighted by molar-refractivity contribution is 6.30. The lowest BCUT2D eigenvalue weighted by atomic mass is 9.94. The lowest BCUT2D eigenvalue weighted by Gasteiger charge is -2.11. The van der Waals surface area contributed by atoms with Gasteiger partial charge in [-0.3, -0.25) is 4.79 Å². The number of nitrogens with one attached hydrogen (secondary N) is 2. The number of hydrogen-bond acceptors (Lipinski definition) is 2. The lowest BCUT2D eigenvalue weighted by Crippen LogP contribution is -2.11. The third kappa shape index (κ3) is 3.57. The molecule has 23 heavy (non-hydrogen) atoms. The molecule has 3 nitrogen and oxygen atoms in total. The Morgan fingerprint density at radius 3 is 2.61 bits per heavy atom. The van der Waals surface area contributed by atoms with Crippen molar-refractivity contribution >= 4 is 34.6 Å². The minimum absolute atomic E-state index is 0.0740. The lowest BCUT2D eigenvalue weighted by molar-refractivity contribution is -0.117. The van der Waals surface area contributed by atoms with E-state index in [0.29, 0.717) is 5.02 Å². The standard InChI is InChI=1S/C19H19ClN2O/c1-12(2)3-9-16-17-11-15(8-10-18(17)22-19(16)23)21-14-6-4-13(20)5-7-14/h4-8,10-11,16,21H,1,3,9H2,2H3,(H,22,23). The number of benzene rings is 2.